The van der Waals surface area contributed by atoms with Crippen molar-refractivity contribution in [2.24, 2.45) is 0 Å². The van der Waals surface area contributed by atoms with Gasteiger partial charge in [-0.15, -0.1) is 0 Å². The largest absolute Gasteiger partial charge is 0.484 e. The molecule has 41 heavy (non-hydrogen) atoms. The summed E-state index contributed by atoms with van der Waals surface area (Å²) in [6.07, 6.45) is 0. The normalized spacial score (nSPS) is 10.8. The number of carbonyl (C=O) groups is 3. The number of nitrogens with one attached hydrogen (secondary N) is 3. The summed E-state index contributed by atoms with van der Waals surface area (Å²) in [5.41, 5.74) is 2.77. The number of hydrogen-bond donors (Lipinski definition) is 4. The summed E-state index contributed by atoms with van der Waals surface area (Å²) in [7, 11) is 0. The van der Waals surface area contributed by atoms with Gasteiger partial charge >= 0.3 is 5.97 Å². The van der Waals surface area contributed by atoms with E-state index in [4.69, 9.17) is 39.5 Å². The highest BCUT2D eigenvalue weighted by Crippen LogP contribution is 2.29. The van der Waals surface area contributed by atoms with Crippen LogP contribution in [0.2, 0.25) is 15.1 Å². The lowest BCUT2D eigenvalue weighted by Gasteiger charge is -2.12. The quantitative estimate of drug-likeness (QED) is 0.148. The Kier molecular flexibility index (Phi) is 8.11. The number of carboxylic acid groups (broad SMARTS) is 1. The second-order valence-electron chi connectivity index (χ2n) is 8.76. The smallest absolute Gasteiger partial charge is 0.337 e. The zero-order chi connectivity index (χ0) is 29.1. The molecule has 1 heterocycles. The number of nitrogens with zero attached hydrogens (tertiary/aromatic N) is 1. The lowest BCUT2D eigenvalue weighted by Crippen LogP contribution is -2.20. The standard InChI is InChI=1S/C29H19Cl3N4O5/c30-17-5-7-18(8-6-17)33-26(37)14-41-19-9-10-23(20(11-19)29(39)40)36-28(38)16-3-1-15(2-4-16)27-34-24-12-21(31)22(32)13-25(24)35-27/h1-13H,14H2,(H,33,37)(H,34,35)(H,36,38)(H,39,40). The Bertz CT molecular complexity index is 1750. The first-order valence-electron chi connectivity index (χ1n) is 12.0. The summed E-state index contributed by atoms with van der Waals surface area (Å²) in [4.78, 5) is 44.7. The molecular formula is C29H19Cl3N4O5. The van der Waals surface area contributed by atoms with E-state index >= 15 is 0 Å². The number of amides is 2. The number of benzene rings is 4. The first kappa shape index (κ1) is 28.0. The number of fused-ring (bicyclic) bond motifs is 1. The van der Waals surface area contributed by atoms with Crippen LogP contribution in [0, 0.1) is 0 Å². The first-order valence-corrected chi connectivity index (χ1v) is 13.1. The van der Waals surface area contributed by atoms with Crippen LogP contribution < -0.4 is 15.4 Å². The van der Waals surface area contributed by atoms with Crippen LogP contribution in [0.1, 0.15) is 20.7 Å². The van der Waals surface area contributed by atoms with Crippen molar-refractivity contribution in [1.82, 2.24) is 9.97 Å². The molecule has 0 fully saturated rings. The summed E-state index contributed by atoms with van der Waals surface area (Å²) in [6, 6.07) is 20.6. The van der Waals surface area contributed by atoms with Gasteiger partial charge in [-0.05, 0) is 66.7 Å². The average molecular weight is 610 g/mol. The Hall–Kier alpha value is -4.57. The van der Waals surface area contributed by atoms with Crippen molar-refractivity contribution in [3.8, 4) is 17.1 Å². The lowest BCUT2D eigenvalue weighted by molar-refractivity contribution is -0.118. The van der Waals surface area contributed by atoms with Gasteiger partial charge in [-0.2, -0.15) is 0 Å². The van der Waals surface area contributed by atoms with Crippen molar-refractivity contribution in [1.29, 1.82) is 0 Å². The van der Waals surface area contributed by atoms with Gasteiger partial charge in [-0.3, -0.25) is 9.59 Å². The molecule has 4 aromatic carbocycles. The van der Waals surface area contributed by atoms with E-state index in [2.05, 4.69) is 20.6 Å². The predicted octanol–water partition coefficient (Wildman–Crippen LogP) is 7.16. The number of carbonyl (C=O) groups excluding carboxylic acids is 2. The molecule has 206 valence electrons. The second kappa shape index (κ2) is 11.9. The highest BCUT2D eigenvalue weighted by Gasteiger charge is 2.16. The minimum Gasteiger partial charge on any atom is -0.484 e. The number of H-pyrrole nitrogens is 1. The highest BCUT2D eigenvalue weighted by molar-refractivity contribution is 6.42. The number of imidazole rings is 1. The van der Waals surface area contributed by atoms with Crippen molar-refractivity contribution >= 4 is 75.0 Å². The van der Waals surface area contributed by atoms with E-state index in [0.717, 1.165) is 5.56 Å². The number of anilines is 2. The van der Waals surface area contributed by atoms with Gasteiger partial charge in [0.25, 0.3) is 11.8 Å². The van der Waals surface area contributed by atoms with Crippen LogP contribution >= 0.6 is 34.8 Å². The van der Waals surface area contributed by atoms with Gasteiger partial charge in [0.1, 0.15) is 11.6 Å². The fraction of sp³-hybridized carbons (Fsp3) is 0.0345. The van der Waals surface area contributed by atoms with Gasteiger partial charge in [0.2, 0.25) is 0 Å². The molecule has 0 radical (unpaired) electrons. The number of hydrogen-bond acceptors (Lipinski definition) is 5. The molecule has 5 aromatic rings. The molecule has 5 rings (SSSR count). The van der Waals surface area contributed by atoms with Crippen molar-refractivity contribution in [3.63, 3.8) is 0 Å². The Labute approximate surface area is 248 Å². The molecule has 0 unspecified atom stereocenters. The van der Waals surface area contributed by atoms with Gasteiger partial charge in [0.05, 0.1) is 32.3 Å². The Balaban J connectivity index is 1.25. The highest BCUT2D eigenvalue weighted by atomic mass is 35.5. The number of rotatable bonds is 8. The summed E-state index contributed by atoms with van der Waals surface area (Å²) in [5.74, 6) is -1.53. The summed E-state index contributed by atoms with van der Waals surface area (Å²) < 4.78 is 5.45. The van der Waals surface area contributed by atoms with Gasteiger partial charge in [-0.1, -0.05) is 46.9 Å². The van der Waals surface area contributed by atoms with E-state index in [1.807, 2.05) is 0 Å². The Morgan fingerprint density at radius 1 is 0.854 bits per heavy atom. The zero-order valence-corrected chi connectivity index (χ0v) is 23.1. The molecule has 9 nitrogen and oxygen atoms in total. The Morgan fingerprint density at radius 2 is 1.56 bits per heavy atom. The summed E-state index contributed by atoms with van der Waals surface area (Å²) in [5, 5.41) is 16.3. The molecule has 4 N–H and O–H groups in total. The van der Waals surface area contributed by atoms with Crippen LogP contribution in [-0.4, -0.2) is 39.5 Å². The van der Waals surface area contributed by atoms with Crippen LogP contribution in [0.5, 0.6) is 5.75 Å². The molecular weight excluding hydrogens is 591 g/mol. The van der Waals surface area contributed by atoms with Crippen LogP contribution in [0.4, 0.5) is 11.4 Å². The van der Waals surface area contributed by atoms with E-state index < -0.39 is 17.8 Å². The number of carboxylic acids is 1. The van der Waals surface area contributed by atoms with Crippen LogP contribution in [0.25, 0.3) is 22.4 Å². The molecule has 0 aliphatic carbocycles. The number of ether oxygens (including phenoxy) is 1. The van der Waals surface area contributed by atoms with Crippen molar-refractivity contribution in [3.05, 3.63) is 105 Å². The van der Waals surface area contributed by atoms with Gasteiger partial charge in [0.15, 0.2) is 6.61 Å². The molecule has 1 aromatic heterocycles. The lowest BCUT2D eigenvalue weighted by atomic mass is 10.1. The topological polar surface area (TPSA) is 133 Å². The minimum atomic E-state index is -1.28. The Morgan fingerprint density at radius 3 is 2.27 bits per heavy atom. The van der Waals surface area contributed by atoms with Crippen LogP contribution in [0.15, 0.2) is 78.9 Å². The first-order chi connectivity index (χ1) is 19.7. The molecule has 12 heteroatoms. The number of aromatic amines is 1. The van der Waals surface area contributed by atoms with Gasteiger partial charge < -0.3 is 25.5 Å². The van der Waals surface area contributed by atoms with Gasteiger partial charge in [0, 0.05) is 21.8 Å². The number of halogens is 3. The maximum absolute atomic E-state index is 12.9. The molecule has 0 saturated heterocycles. The summed E-state index contributed by atoms with van der Waals surface area (Å²) in [6.45, 7) is -0.356. The van der Waals surface area contributed by atoms with Crippen molar-refractivity contribution < 1.29 is 24.2 Å². The van der Waals surface area contributed by atoms with Gasteiger partial charge in [-0.25, -0.2) is 9.78 Å². The van der Waals surface area contributed by atoms with Crippen LogP contribution in [0.3, 0.4) is 0 Å². The second-order valence-corrected chi connectivity index (χ2v) is 10.0. The SMILES string of the molecule is O=C(COc1ccc(NC(=O)c2ccc(-c3nc4cc(Cl)c(Cl)cc4[nH]3)cc2)c(C(=O)O)c1)Nc1ccc(Cl)cc1. The summed E-state index contributed by atoms with van der Waals surface area (Å²) >= 11 is 18.0. The molecule has 0 saturated carbocycles. The molecule has 0 atom stereocenters. The molecule has 0 aliphatic rings. The number of aromatic carboxylic acids is 1. The average Bonchev–Trinajstić information content (AvgIpc) is 3.36. The molecule has 0 bridgehead atoms. The van der Waals surface area contributed by atoms with E-state index in [1.54, 1.807) is 60.7 Å². The third-order valence-electron chi connectivity index (χ3n) is 5.91. The molecule has 0 spiro atoms. The van der Waals surface area contributed by atoms with Crippen molar-refractivity contribution in [2.75, 3.05) is 17.2 Å². The number of aromatic nitrogens is 2. The fourth-order valence-electron chi connectivity index (χ4n) is 3.89. The predicted molar refractivity (Wildman–Crippen MR) is 158 cm³/mol. The minimum absolute atomic E-state index is 0.0654. The zero-order valence-electron chi connectivity index (χ0n) is 20.9. The van der Waals surface area contributed by atoms with Crippen molar-refractivity contribution in [2.45, 2.75) is 0 Å². The fourth-order valence-corrected chi connectivity index (χ4v) is 4.34. The van der Waals surface area contributed by atoms with E-state index in [0.29, 0.717) is 43.2 Å². The molecule has 0 aliphatic heterocycles. The molecule has 2 amide bonds. The van der Waals surface area contributed by atoms with E-state index in [9.17, 15) is 19.5 Å². The maximum atomic E-state index is 12.9. The van der Waals surface area contributed by atoms with E-state index in [1.165, 1.54) is 18.2 Å². The van der Waals surface area contributed by atoms with Crippen LogP contribution in [-0.2, 0) is 4.79 Å². The maximum Gasteiger partial charge on any atom is 0.337 e. The third kappa shape index (κ3) is 6.60. The monoisotopic (exact) mass is 608 g/mol. The third-order valence-corrected chi connectivity index (χ3v) is 6.89. The van der Waals surface area contributed by atoms with E-state index in [-0.39, 0.29) is 23.6 Å².